The van der Waals surface area contributed by atoms with Crippen LogP contribution in [0, 0.1) is 5.92 Å². The number of ether oxygens (including phenoxy) is 2. The molecule has 1 aromatic rings. The van der Waals surface area contributed by atoms with E-state index in [4.69, 9.17) is 15.2 Å². The van der Waals surface area contributed by atoms with Gasteiger partial charge in [0.25, 0.3) is 0 Å². The van der Waals surface area contributed by atoms with Crippen LogP contribution in [0.2, 0.25) is 0 Å². The molecule has 1 aromatic carbocycles. The minimum Gasteiger partial charge on any atom is -0.493 e. The van der Waals surface area contributed by atoms with Crippen molar-refractivity contribution < 1.29 is 9.47 Å². The van der Waals surface area contributed by atoms with Gasteiger partial charge in [-0.1, -0.05) is 13.0 Å². The second-order valence-electron chi connectivity index (χ2n) is 5.53. The summed E-state index contributed by atoms with van der Waals surface area (Å²) in [6, 6.07) is 7.55. The van der Waals surface area contributed by atoms with Crippen LogP contribution in [0.1, 0.15) is 39.0 Å². The van der Waals surface area contributed by atoms with E-state index in [-0.39, 0.29) is 0 Å². The van der Waals surface area contributed by atoms with Crippen LogP contribution in [0.25, 0.3) is 0 Å². The Labute approximate surface area is 116 Å². The zero-order valence-electron chi connectivity index (χ0n) is 11.8. The highest BCUT2D eigenvalue weighted by atomic mass is 16.5. The molecule has 0 saturated heterocycles. The first-order valence-electron chi connectivity index (χ1n) is 7.34. The fraction of sp³-hybridized carbons (Fsp3) is 0.625. The molecular formula is C16H25NO2. The van der Waals surface area contributed by atoms with E-state index in [1.165, 1.54) is 25.7 Å². The highest BCUT2D eigenvalue weighted by Crippen LogP contribution is 2.25. The fourth-order valence-corrected chi connectivity index (χ4v) is 2.50. The van der Waals surface area contributed by atoms with Gasteiger partial charge in [-0.3, -0.25) is 0 Å². The number of benzene rings is 1. The smallest absolute Gasteiger partial charge is 0.121 e. The van der Waals surface area contributed by atoms with Crippen LogP contribution in [-0.4, -0.2) is 19.3 Å². The molecule has 1 aliphatic carbocycles. The van der Waals surface area contributed by atoms with Crippen molar-refractivity contribution >= 4 is 5.69 Å². The summed E-state index contributed by atoms with van der Waals surface area (Å²) in [5.41, 5.74) is 6.43. The van der Waals surface area contributed by atoms with E-state index in [2.05, 4.69) is 6.92 Å². The minimum absolute atomic E-state index is 0.476. The van der Waals surface area contributed by atoms with Crippen molar-refractivity contribution in [1.29, 1.82) is 0 Å². The van der Waals surface area contributed by atoms with Crippen LogP contribution < -0.4 is 10.5 Å². The lowest BCUT2D eigenvalue weighted by Crippen LogP contribution is -2.21. The van der Waals surface area contributed by atoms with Gasteiger partial charge in [0.05, 0.1) is 19.3 Å². The maximum Gasteiger partial charge on any atom is 0.121 e. The maximum absolute atomic E-state index is 5.89. The normalized spacial score (nSPS) is 23.2. The SMILES string of the molecule is CC1CCC(OCCCOc2cccc(N)c2)CC1. The van der Waals surface area contributed by atoms with Crippen LogP contribution >= 0.6 is 0 Å². The van der Waals surface area contributed by atoms with Crippen molar-refractivity contribution in [3.05, 3.63) is 24.3 Å². The first-order chi connectivity index (χ1) is 9.24. The van der Waals surface area contributed by atoms with Crippen LogP contribution in [0.5, 0.6) is 5.75 Å². The van der Waals surface area contributed by atoms with Gasteiger partial charge < -0.3 is 15.2 Å². The average Bonchev–Trinajstić information content (AvgIpc) is 2.41. The number of rotatable bonds is 6. The molecule has 3 nitrogen and oxygen atoms in total. The third kappa shape index (κ3) is 5.11. The Morgan fingerprint density at radius 2 is 1.95 bits per heavy atom. The number of anilines is 1. The first kappa shape index (κ1) is 14.2. The molecule has 0 atom stereocenters. The van der Waals surface area contributed by atoms with Gasteiger partial charge in [-0.05, 0) is 43.7 Å². The quantitative estimate of drug-likeness (QED) is 0.629. The number of nitrogen functional groups attached to an aromatic ring is 1. The minimum atomic E-state index is 0.476. The highest BCUT2D eigenvalue weighted by Gasteiger charge is 2.18. The monoisotopic (exact) mass is 263 g/mol. The van der Waals surface area contributed by atoms with Gasteiger partial charge in [-0.15, -0.1) is 0 Å². The molecule has 0 radical (unpaired) electrons. The standard InChI is InChI=1S/C16H25NO2/c1-13-6-8-15(9-7-13)18-10-3-11-19-16-5-2-4-14(17)12-16/h2,4-5,12-13,15H,3,6-11,17H2,1H3. The maximum atomic E-state index is 5.89. The van der Waals surface area contributed by atoms with Crippen molar-refractivity contribution in [3.63, 3.8) is 0 Å². The van der Waals surface area contributed by atoms with Gasteiger partial charge in [0, 0.05) is 18.2 Å². The van der Waals surface area contributed by atoms with Crippen LogP contribution in [0.4, 0.5) is 5.69 Å². The molecule has 1 fully saturated rings. The Balaban J connectivity index is 1.55. The van der Waals surface area contributed by atoms with E-state index in [9.17, 15) is 0 Å². The highest BCUT2D eigenvalue weighted by molar-refractivity contribution is 5.43. The first-order valence-corrected chi connectivity index (χ1v) is 7.34. The molecule has 2 N–H and O–H groups in total. The van der Waals surface area contributed by atoms with Crippen molar-refractivity contribution in [3.8, 4) is 5.75 Å². The Morgan fingerprint density at radius 3 is 2.68 bits per heavy atom. The number of hydrogen-bond acceptors (Lipinski definition) is 3. The molecule has 0 aliphatic heterocycles. The molecule has 0 unspecified atom stereocenters. The summed E-state index contributed by atoms with van der Waals surface area (Å²) in [4.78, 5) is 0. The molecule has 1 saturated carbocycles. The molecule has 2 rings (SSSR count). The van der Waals surface area contributed by atoms with Crippen LogP contribution in [0.15, 0.2) is 24.3 Å². The van der Waals surface area contributed by atoms with Gasteiger partial charge >= 0.3 is 0 Å². The lowest BCUT2D eigenvalue weighted by molar-refractivity contribution is 0.0146. The Morgan fingerprint density at radius 1 is 1.16 bits per heavy atom. The number of hydrogen-bond donors (Lipinski definition) is 1. The number of nitrogens with two attached hydrogens (primary N) is 1. The molecule has 19 heavy (non-hydrogen) atoms. The average molecular weight is 263 g/mol. The summed E-state index contributed by atoms with van der Waals surface area (Å²) in [5, 5.41) is 0. The molecule has 0 aromatic heterocycles. The Kier molecular flexibility index (Phi) is 5.52. The third-order valence-corrected chi connectivity index (χ3v) is 3.73. The van der Waals surface area contributed by atoms with Crippen LogP contribution in [-0.2, 0) is 4.74 Å². The van der Waals surface area contributed by atoms with E-state index >= 15 is 0 Å². The summed E-state index contributed by atoms with van der Waals surface area (Å²) < 4.78 is 11.5. The van der Waals surface area contributed by atoms with E-state index < -0.39 is 0 Å². The van der Waals surface area contributed by atoms with Gasteiger partial charge in [-0.2, -0.15) is 0 Å². The Bertz CT molecular complexity index is 373. The molecular weight excluding hydrogens is 238 g/mol. The van der Waals surface area contributed by atoms with Crippen molar-refractivity contribution in [2.24, 2.45) is 5.92 Å². The molecule has 0 spiro atoms. The molecule has 0 heterocycles. The van der Waals surface area contributed by atoms with Crippen molar-refractivity contribution in [2.45, 2.75) is 45.1 Å². The van der Waals surface area contributed by atoms with Gasteiger partial charge in [0.15, 0.2) is 0 Å². The van der Waals surface area contributed by atoms with Gasteiger partial charge in [0.2, 0.25) is 0 Å². The lowest BCUT2D eigenvalue weighted by atomic mass is 9.89. The molecule has 106 valence electrons. The Hall–Kier alpha value is -1.22. The lowest BCUT2D eigenvalue weighted by Gasteiger charge is -2.26. The summed E-state index contributed by atoms with van der Waals surface area (Å²) in [6.45, 7) is 3.81. The zero-order chi connectivity index (χ0) is 13.5. The summed E-state index contributed by atoms with van der Waals surface area (Å²) in [7, 11) is 0. The van der Waals surface area contributed by atoms with Crippen molar-refractivity contribution in [1.82, 2.24) is 0 Å². The zero-order valence-corrected chi connectivity index (χ0v) is 11.8. The molecule has 0 amide bonds. The predicted molar refractivity (Wildman–Crippen MR) is 78.3 cm³/mol. The van der Waals surface area contributed by atoms with E-state index in [1.807, 2.05) is 24.3 Å². The van der Waals surface area contributed by atoms with E-state index in [0.29, 0.717) is 12.7 Å². The third-order valence-electron chi connectivity index (χ3n) is 3.73. The van der Waals surface area contributed by atoms with E-state index in [0.717, 1.165) is 30.4 Å². The second kappa shape index (κ2) is 7.39. The molecule has 3 heteroatoms. The van der Waals surface area contributed by atoms with Gasteiger partial charge in [-0.25, -0.2) is 0 Å². The summed E-state index contributed by atoms with van der Waals surface area (Å²) in [5.74, 6) is 1.72. The predicted octanol–water partition coefficient (Wildman–Crippen LogP) is 3.63. The van der Waals surface area contributed by atoms with Crippen LogP contribution in [0.3, 0.4) is 0 Å². The molecule has 1 aliphatic rings. The van der Waals surface area contributed by atoms with Gasteiger partial charge in [0.1, 0.15) is 5.75 Å². The topological polar surface area (TPSA) is 44.5 Å². The second-order valence-corrected chi connectivity index (χ2v) is 5.53. The fourth-order valence-electron chi connectivity index (χ4n) is 2.50. The molecule has 0 bridgehead atoms. The largest absolute Gasteiger partial charge is 0.493 e. The summed E-state index contributed by atoms with van der Waals surface area (Å²) in [6.07, 6.45) is 6.47. The van der Waals surface area contributed by atoms with E-state index in [1.54, 1.807) is 0 Å². The van der Waals surface area contributed by atoms with Crippen molar-refractivity contribution in [2.75, 3.05) is 18.9 Å². The summed E-state index contributed by atoms with van der Waals surface area (Å²) >= 11 is 0.